The zero-order valence-electron chi connectivity index (χ0n) is 11.6. The van der Waals surface area contributed by atoms with Gasteiger partial charge in [-0.3, -0.25) is 0 Å². The average molecular weight is 626 g/mol. The van der Waals surface area contributed by atoms with Crippen LogP contribution in [0.2, 0.25) is 4.47 Å². The van der Waals surface area contributed by atoms with Crippen molar-refractivity contribution in [1.29, 1.82) is 0 Å². The normalized spacial score (nSPS) is 12.4. The number of thiophene rings is 1. The molecular formula is C15H16I2OSTe. The van der Waals surface area contributed by atoms with Gasteiger partial charge in [0.2, 0.25) is 0 Å². The van der Waals surface area contributed by atoms with Gasteiger partial charge in [0.15, 0.2) is 0 Å². The molecule has 0 aliphatic heterocycles. The maximum absolute atomic E-state index is 12.4. The van der Waals surface area contributed by atoms with Crippen LogP contribution in [0.1, 0.15) is 26.4 Å². The molecule has 1 heterocycles. The number of halogens is 2. The molecule has 0 aliphatic carbocycles. The van der Waals surface area contributed by atoms with Crippen LogP contribution in [0, 0.1) is 20.8 Å². The van der Waals surface area contributed by atoms with E-state index < -0.39 is 10.3 Å². The number of rotatable bonds is 4. The number of carbonyl (C=O) groups excluding carboxylic acids is 1. The van der Waals surface area contributed by atoms with Gasteiger partial charge in [-0.05, 0) is 0 Å². The number of carbonyl (C=O) groups is 1. The Morgan fingerprint density at radius 3 is 2.30 bits per heavy atom. The van der Waals surface area contributed by atoms with Crippen LogP contribution >= 0.6 is 48.7 Å². The van der Waals surface area contributed by atoms with Gasteiger partial charge in [-0.1, -0.05) is 0 Å². The Kier molecular flexibility index (Phi) is 5.97. The summed E-state index contributed by atoms with van der Waals surface area (Å²) in [6, 6.07) is 8.38. The molecule has 0 saturated heterocycles. The zero-order chi connectivity index (χ0) is 14.9. The van der Waals surface area contributed by atoms with Crippen LogP contribution < -0.4 is 3.61 Å². The van der Waals surface area contributed by atoms with Crippen LogP contribution in [0.3, 0.4) is 0 Å². The topological polar surface area (TPSA) is 17.1 Å². The predicted octanol–water partition coefficient (Wildman–Crippen LogP) is 5.08. The Balaban J connectivity index is 2.33. The Morgan fingerprint density at radius 1 is 1.20 bits per heavy atom. The van der Waals surface area contributed by atoms with Gasteiger partial charge in [0.25, 0.3) is 0 Å². The van der Waals surface area contributed by atoms with E-state index in [2.05, 4.69) is 70.3 Å². The van der Waals surface area contributed by atoms with Crippen molar-refractivity contribution < 1.29 is 4.79 Å². The van der Waals surface area contributed by atoms with Crippen molar-refractivity contribution in [3.05, 3.63) is 51.2 Å². The van der Waals surface area contributed by atoms with E-state index in [0.717, 1.165) is 9.35 Å². The summed E-state index contributed by atoms with van der Waals surface area (Å²) in [7, 11) is -2.41. The molecule has 0 unspecified atom stereocenters. The predicted molar refractivity (Wildman–Crippen MR) is 108 cm³/mol. The molecule has 0 radical (unpaired) electrons. The summed E-state index contributed by atoms with van der Waals surface area (Å²) in [4.78, 5) is 13.3. The molecule has 0 amide bonds. The monoisotopic (exact) mass is 628 g/mol. The molecule has 2 rings (SSSR count). The quantitative estimate of drug-likeness (QED) is 0.264. The molecule has 20 heavy (non-hydrogen) atoms. The first-order valence-corrected chi connectivity index (χ1v) is 23.4. The van der Waals surface area contributed by atoms with Gasteiger partial charge in [-0.15, -0.1) is 0 Å². The zero-order valence-corrected chi connectivity index (χ0v) is 19.0. The minimum atomic E-state index is -2.41. The van der Waals surface area contributed by atoms with Gasteiger partial charge in [-0.2, -0.15) is 0 Å². The van der Waals surface area contributed by atoms with Crippen molar-refractivity contribution in [2.45, 2.75) is 25.2 Å². The van der Waals surface area contributed by atoms with Gasteiger partial charge in [-0.25, -0.2) is 0 Å². The summed E-state index contributed by atoms with van der Waals surface area (Å²) in [5.41, 5.74) is 4.01. The van der Waals surface area contributed by atoms with Crippen molar-refractivity contribution in [3.63, 3.8) is 0 Å². The summed E-state index contributed by atoms with van der Waals surface area (Å²) in [5.74, 6) is 0.310. The van der Waals surface area contributed by atoms with Gasteiger partial charge in [0.05, 0.1) is 0 Å². The van der Waals surface area contributed by atoms with Crippen LogP contribution in [0.15, 0.2) is 29.6 Å². The second-order valence-electron chi connectivity index (χ2n) is 4.85. The van der Waals surface area contributed by atoms with E-state index in [1.807, 2.05) is 17.5 Å². The molecule has 0 spiro atoms. The van der Waals surface area contributed by atoms with Crippen LogP contribution in [-0.4, -0.2) is 16.1 Å². The van der Waals surface area contributed by atoms with Crippen molar-refractivity contribution >= 4 is 68.4 Å². The fraction of sp³-hybridized carbons (Fsp3) is 0.267. The first kappa shape index (κ1) is 17.2. The summed E-state index contributed by atoms with van der Waals surface area (Å²) in [5, 5.41) is 1.98. The second kappa shape index (κ2) is 6.95. The first-order valence-electron chi connectivity index (χ1n) is 6.16. The van der Waals surface area contributed by atoms with Crippen molar-refractivity contribution in [3.8, 4) is 0 Å². The second-order valence-corrected chi connectivity index (χ2v) is 42.5. The molecule has 1 aromatic carbocycles. The molecule has 5 heteroatoms. The summed E-state index contributed by atoms with van der Waals surface area (Å²) < 4.78 is 2.19. The Hall–Kier alpha value is 0.840. The van der Waals surface area contributed by atoms with Crippen LogP contribution in [0.5, 0.6) is 0 Å². The number of ketones is 1. The summed E-state index contributed by atoms with van der Waals surface area (Å²) in [6.45, 7) is 6.50. The molecule has 1 nitrogen and oxygen atoms in total. The van der Waals surface area contributed by atoms with E-state index in [4.69, 9.17) is 0 Å². The SMILES string of the molecule is Cc1cc(C)c([Te](I)(I)CC(=O)c2cccs2)c(C)c1. The van der Waals surface area contributed by atoms with Gasteiger partial charge in [0.1, 0.15) is 0 Å². The molecule has 2 aromatic rings. The van der Waals surface area contributed by atoms with Crippen molar-refractivity contribution in [2.24, 2.45) is 0 Å². The van der Waals surface area contributed by atoms with Gasteiger partial charge >= 0.3 is 150 Å². The van der Waals surface area contributed by atoms with Crippen molar-refractivity contribution in [1.82, 2.24) is 0 Å². The van der Waals surface area contributed by atoms with E-state index in [1.165, 1.54) is 20.3 Å². The number of hydrogen-bond donors (Lipinski definition) is 0. The standard InChI is InChI=1S/C15H16I2OSTe/c1-10-7-11(2)15(12(3)8-10)20(16,17)9-13(18)14-5-4-6-19-14/h4-8H,9H2,1-3H3. The molecule has 0 atom stereocenters. The fourth-order valence-electron chi connectivity index (χ4n) is 2.38. The number of benzene rings is 1. The number of hydrogen-bond acceptors (Lipinski definition) is 2. The Labute approximate surface area is 147 Å². The molecule has 0 aliphatic rings. The van der Waals surface area contributed by atoms with Gasteiger partial charge in [0, 0.05) is 0 Å². The maximum atomic E-state index is 12.4. The fourth-order valence-corrected chi connectivity index (χ4v) is 21.3. The van der Waals surface area contributed by atoms with E-state index in [-0.39, 0.29) is 0 Å². The summed E-state index contributed by atoms with van der Waals surface area (Å²) in [6.07, 6.45) is 0. The van der Waals surface area contributed by atoms with E-state index in [9.17, 15) is 4.79 Å². The number of Topliss-reactive ketones (excluding diaryl/α,β-unsaturated/α-hetero) is 1. The number of aryl methyl sites for hydroxylation is 3. The molecule has 108 valence electrons. The first-order chi connectivity index (χ1) is 9.31. The minimum absolute atomic E-state index is 0.310. The average Bonchev–Trinajstić information content (AvgIpc) is 2.78. The molecule has 0 saturated carbocycles. The van der Waals surface area contributed by atoms with Crippen molar-refractivity contribution in [2.75, 3.05) is 0 Å². The van der Waals surface area contributed by atoms with Crippen LogP contribution in [0.25, 0.3) is 0 Å². The molecule has 0 bridgehead atoms. The van der Waals surface area contributed by atoms with E-state index in [1.54, 1.807) is 11.3 Å². The van der Waals surface area contributed by atoms with Crippen LogP contribution in [0.4, 0.5) is 0 Å². The van der Waals surface area contributed by atoms with Crippen LogP contribution in [-0.2, 0) is 0 Å². The molecule has 1 aromatic heterocycles. The summed E-state index contributed by atoms with van der Waals surface area (Å²) >= 11 is 6.76. The third-order valence-corrected chi connectivity index (χ3v) is 19.3. The third kappa shape index (κ3) is 3.97. The van der Waals surface area contributed by atoms with Gasteiger partial charge < -0.3 is 0 Å². The molecule has 0 N–H and O–H groups in total. The van der Waals surface area contributed by atoms with E-state index >= 15 is 0 Å². The third-order valence-electron chi connectivity index (χ3n) is 3.01. The molecular weight excluding hydrogens is 610 g/mol. The molecule has 0 fully saturated rings. The Bertz CT molecular complexity index is 612. The Morgan fingerprint density at radius 2 is 1.80 bits per heavy atom. The van der Waals surface area contributed by atoms with E-state index in [0.29, 0.717) is 5.78 Å².